The highest BCUT2D eigenvalue weighted by Gasteiger charge is 2.41. The van der Waals surface area contributed by atoms with Gasteiger partial charge < -0.3 is 9.47 Å². The van der Waals surface area contributed by atoms with Gasteiger partial charge in [0.15, 0.2) is 17.5 Å². The van der Waals surface area contributed by atoms with E-state index in [0.717, 1.165) is 34.6 Å². The second kappa shape index (κ2) is 12.5. The standard InChI is InChI=1S/C35H19F8NO2S/c1-2-11-45-22-6-3-18(4-7-22)19-5-10-30-31(16-19)47-34(44-30)21-14-26(37)32(27(38)15-21)35(42,43)46-23-8-9-24(25(36)17-23)20-12-28(39)33(41)29(40)13-20/h2-10,12-17H,1,11H2. The predicted molar refractivity (Wildman–Crippen MR) is 162 cm³/mol. The Hall–Kier alpha value is -5.23. The maximum Gasteiger partial charge on any atom is 0.432 e. The van der Waals surface area contributed by atoms with Crippen molar-refractivity contribution in [3.63, 3.8) is 0 Å². The summed E-state index contributed by atoms with van der Waals surface area (Å²) in [6, 6.07) is 17.2. The highest BCUT2D eigenvalue weighted by molar-refractivity contribution is 7.21. The van der Waals surface area contributed by atoms with E-state index in [-0.39, 0.29) is 10.6 Å². The fourth-order valence-corrected chi connectivity index (χ4v) is 5.80. The molecule has 47 heavy (non-hydrogen) atoms. The number of hydrogen-bond donors (Lipinski definition) is 0. The highest BCUT2D eigenvalue weighted by atomic mass is 32.1. The second-order valence-corrected chi connectivity index (χ2v) is 11.2. The first-order valence-electron chi connectivity index (χ1n) is 13.7. The monoisotopic (exact) mass is 669 g/mol. The van der Waals surface area contributed by atoms with Crippen molar-refractivity contribution in [2.24, 2.45) is 0 Å². The zero-order valence-corrected chi connectivity index (χ0v) is 24.6. The summed E-state index contributed by atoms with van der Waals surface area (Å²) in [6.45, 7) is 3.97. The number of nitrogens with zero attached hydrogens (tertiary/aromatic N) is 1. The number of aromatic nitrogens is 1. The average Bonchev–Trinajstić information content (AvgIpc) is 3.46. The van der Waals surface area contributed by atoms with Crippen molar-refractivity contribution in [2.75, 3.05) is 6.61 Å². The molecule has 0 atom stereocenters. The fraction of sp³-hybridized carbons (Fsp3) is 0.0571. The Kier molecular flexibility index (Phi) is 8.45. The molecule has 3 nitrogen and oxygen atoms in total. The lowest BCUT2D eigenvalue weighted by molar-refractivity contribution is -0.189. The van der Waals surface area contributed by atoms with Gasteiger partial charge in [-0.05, 0) is 77.4 Å². The van der Waals surface area contributed by atoms with Crippen molar-refractivity contribution in [1.29, 1.82) is 0 Å². The van der Waals surface area contributed by atoms with E-state index >= 15 is 17.6 Å². The molecular formula is C35H19F8NO2S. The van der Waals surface area contributed by atoms with Crippen LogP contribution in [0.2, 0.25) is 0 Å². The summed E-state index contributed by atoms with van der Waals surface area (Å²) >= 11 is 1.10. The number of fused-ring (bicyclic) bond motifs is 1. The molecule has 0 spiro atoms. The van der Waals surface area contributed by atoms with E-state index in [1.54, 1.807) is 24.3 Å². The molecule has 1 aromatic heterocycles. The van der Waals surface area contributed by atoms with Crippen LogP contribution in [-0.2, 0) is 6.11 Å². The fourth-order valence-electron chi connectivity index (χ4n) is 4.80. The van der Waals surface area contributed by atoms with Gasteiger partial charge >= 0.3 is 6.11 Å². The number of hydrogen-bond acceptors (Lipinski definition) is 4. The molecular weight excluding hydrogens is 650 g/mol. The SMILES string of the molecule is C=CCOc1ccc(-c2ccc3nc(-c4cc(F)c(C(F)(F)Oc5ccc(-c6cc(F)c(F)c(F)c6)c(F)c5)c(F)c4)sc3c2)cc1. The van der Waals surface area contributed by atoms with E-state index in [9.17, 15) is 17.6 Å². The molecule has 0 radical (unpaired) electrons. The average molecular weight is 670 g/mol. The normalized spacial score (nSPS) is 11.6. The van der Waals surface area contributed by atoms with E-state index in [1.807, 2.05) is 24.3 Å². The van der Waals surface area contributed by atoms with Crippen LogP contribution in [0.3, 0.4) is 0 Å². The van der Waals surface area contributed by atoms with Gasteiger partial charge in [0, 0.05) is 17.2 Å². The van der Waals surface area contributed by atoms with Gasteiger partial charge in [0.05, 0.1) is 10.2 Å². The van der Waals surface area contributed by atoms with Crippen LogP contribution in [0.4, 0.5) is 35.1 Å². The van der Waals surface area contributed by atoms with Gasteiger partial charge in [0.25, 0.3) is 0 Å². The van der Waals surface area contributed by atoms with Gasteiger partial charge in [-0.25, -0.2) is 31.3 Å². The number of thiazole rings is 1. The van der Waals surface area contributed by atoms with E-state index in [1.165, 1.54) is 0 Å². The Morgan fingerprint density at radius 2 is 1.28 bits per heavy atom. The van der Waals surface area contributed by atoms with Crippen LogP contribution in [-0.4, -0.2) is 11.6 Å². The molecule has 5 aromatic carbocycles. The van der Waals surface area contributed by atoms with E-state index in [2.05, 4.69) is 16.3 Å². The summed E-state index contributed by atoms with van der Waals surface area (Å²) in [5.41, 5.74) is -0.458. The summed E-state index contributed by atoms with van der Waals surface area (Å²) in [7, 11) is 0. The zero-order chi connectivity index (χ0) is 33.5. The van der Waals surface area contributed by atoms with Crippen molar-refractivity contribution in [1.82, 2.24) is 4.98 Å². The van der Waals surface area contributed by atoms with Crippen LogP contribution in [0.15, 0.2) is 97.6 Å². The summed E-state index contributed by atoms with van der Waals surface area (Å²) in [5, 5.41) is 0.172. The Labute approximate surface area is 266 Å². The third-order valence-corrected chi connectivity index (χ3v) is 8.07. The van der Waals surface area contributed by atoms with Crippen LogP contribution < -0.4 is 9.47 Å². The van der Waals surface area contributed by atoms with Crippen LogP contribution >= 0.6 is 11.3 Å². The number of ether oxygens (including phenoxy) is 2. The first-order chi connectivity index (χ1) is 22.4. The van der Waals surface area contributed by atoms with Crippen LogP contribution in [0.5, 0.6) is 11.5 Å². The van der Waals surface area contributed by atoms with E-state index < -0.39 is 63.5 Å². The first kappa shape index (κ1) is 31.7. The molecule has 6 rings (SSSR count). The number of halogens is 8. The van der Waals surface area contributed by atoms with Crippen LogP contribution in [0.1, 0.15) is 5.56 Å². The molecule has 0 aliphatic carbocycles. The van der Waals surface area contributed by atoms with E-state index in [0.29, 0.717) is 52.9 Å². The molecule has 0 amide bonds. The summed E-state index contributed by atoms with van der Waals surface area (Å²) in [4.78, 5) is 4.39. The molecule has 0 bridgehead atoms. The molecule has 0 fully saturated rings. The highest BCUT2D eigenvalue weighted by Crippen LogP contribution is 2.40. The molecule has 0 aliphatic heterocycles. The lowest BCUT2D eigenvalue weighted by atomic mass is 10.0. The largest absolute Gasteiger partial charge is 0.490 e. The van der Waals surface area contributed by atoms with Gasteiger partial charge in [-0.3, -0.25) is 0 Å². The topological polar surface area (TPSA) is 31.4 Å². The molecule has 0 saturated carbocycles. The molecule has 0 aliphatic rings. The van der Waals surface area contributed by atoms with Crippen LogP contribution in [0.25, 0.3) is 43.0 Å². The minimum absolute atomic E-state index is 0.0971. The third-order valence-electron chi connectivity index (χ3n) is 7.01. The molecule has 0 saturated heterocycles. The van der Waals surface area contributed by atoms with Crippen LogP contribution in [0, 0.1) is 34.9 Å². The zero-order valence-electron chi connectivity index (χ0n) is 23.8. The number of alkyl halides is 2. The second-order valence-electron chi connectivity index (χ2n) is 10.2. The van der Waals surface area contributed by atoms with Gasteiger partial charge in [0.2, 0.25) is 0 Å². The van der Waals surface area contributed by atoms with Crippen molar-refractivity contribution in [3.05, 3.63) is 138 Å². The maximum atomic E-state index is 15.1. The predicted octanol–water partition coefficient (Wildman–Crippen LogP) is 10.8. The lowest BCUT2D eigenvalue weighted by Gasteiger charge is -2.20. The first-order valence-corrected chi connectivity index (χ1v) is 14.5. The smallest absolute Gasteiger partial charge is 0.432 e. The minimum atomic E-state index is -4.61. The molecule has 1 heterocycles. The van der Waals surface area contributed by atoms with Gasteiger partial charge in [-0.1, -0.05) is 30.9 Å². The number of benzene rings is 5. The molecule has 12 heteroatoms. The van der Waals surface area contributed by atoms with E-state index in [4.69, 9.17) is 4.74 Å². The molecule has 0 unspecified atom stereocenters. The number of rotatable bonds is 9. The summed E-state index contributed by atoms with van der Waals surface area (Å²) in [5.74, 6) is -9.68. The Morgan fingerprint density at radius 3 is 1.91 bits per heavy atom. The molecule has 6 aromatic rings. The van der Waals surface area contributed by atoms with Crippen molar-refractivity contribution < 1.29 is 44.6 Å². The van der Waals surface area contributed by atoms with Gasteiger partial charge in [-0.15, -0.1) is 11.3 Å². The Balaban J connectivity index is 1.24. The maximum absolute atomic E-state index is 15.1. The summed E-state index contributed by atoms with van der Waals surface area (Å²) in [6.07, 6.45) is -2.98. The molecule has 238 valence electrons. The van der Waals surface area contributed by atoms with Crippen molar-refractivity contribution >= 4 is 21.6 Å². The van der Waals surface area contributed by atoms with Crippen molar-refractivity contribution in [3.8, 4) is 44.3 Å². The Morgan fingerprint density at radius 1 is 0.660 bits per heavy atom. The Bertz CT molecular complexity index is 2100. The van der Waals surface area contributed by atoms with Gasteiger partial charge in [-0.2, -0.15) is 8.78 Å². The van der Waals surface area contributed by atoms with Gasteiger partial charge in [0.1, 0.15) is 46.1 Å². The summed E-state index contributed by atoms with van der Waals surface area (Å²) < 4.78 is 126. The third kappa shape index (κ3) is 6.41. The van der Waals surface area contributed by atoms with Crippen molar-refractivity contribution in [2.45, 2.75) is 6.11 Å². The minimum Gasteiger partial charge on any atom is -0.490 e. The quantitative estimate of drug-likeness (QED) is 0.0872. The lowest BCUT2D eigenvalue weighted by Crippen LogP contribution is -2.25. The molecule has 0 N–H and O–H groups in total.